The third-order valence-corrected chi connectivity index (χ3v) is 7.99. The minimum atomic E-state index is -0.818. The van der Waals surface area contributed by atoms with E-state index >= 15 is 0 Å². The zero-order valence-corrected chi connectivity index (χ0v) is 25.5. The van der Waals surface area contributed by atoms with E-state index in [0.29, 0.717) is 33.3 Å². The lowest BCUT2D eigenvalue weighted by Gasteiger charge is -2.29. The highest BCUT2D eigenvalue weighted by atomic mass is 32.2. The van der Waals surface area contributed by atoms with E-state index in [9.17, 15) is 19.6 Å². The van der Waals surface area contributed by atoms with Crippen LogP contribution in [0.3, 0.4) is 0 Å². The molecule has 0 bridgehead atoms. The number of carbonyl (C=O) groups is 3. The first-order chi connectivity index (χ1) is 21.9. The van der Waals surface area contributed by atoms with Gasteiger partial charge in [-0.3, -0.25) is 14.5 Å². The number of thioether (sulfide) groups is 1. The summed E-state index contributed by atoms with van der Waals surface area (Å²) in [4.78, 5) is 41.1. The number of nitrogens with one attached hydrogen (secondary N) is 2. The van der Waals surface area contributed by atoms with Crippen LogP contribution in [0.1, 0.15) is 35.9 Å². The Morgan fingerprint density at radius 1 is 0.956 bits per heavy atom. The predicted molar refractivity (Wildman–Crippen MR) is 173 cm³/mol. The molecule has 0 saturated heterocycles. The second-order valence-electron chi connectivity index (χ2n) is 9.91. The largest absolute Gasteiger partial charge is 0.468 e. The molecule has 1 atom stereocenters. The maximum Gasteiger partial charge on any atom is 0.338 e. The van der Waals surface area contributed by atoms with E-state index in [1.165, 1.54) is 18.0 Å². The number of nitrogens with zero attached hydrogens (tertiary/aromatic N) is 2. The first-order valence-electron chi connectivity index (χ1n) is 14.2. The van der Waals surface area contributed by atoms with E-state index in [0.717, 1.165) is 11.4 Å². The summed E-state index contributed by atoms with van der Waals surface area (Å²) < 4.78 is 10.7. The van der Waals surface area contributed by atoms with Gasteiger partial charge in [0, 0.05) is 22.8 Å². The van der Waals surface area contributed by atoms with Crippen LogP contribution in [0.4, 0.5) is 17.1 Å². The molecular weight excluding hydrogens is 588 g/mol. The van der Waals surface area contributed by atoms with Crippen molar-refractivity contribution in [2.45, 2.75) is 19.8 Å². The van der Waals surface area contributed by atoms with Crippen molar-refractivity contribution in [2.24, 2.45) is 0 Å². The van der Waals surface area contributed by atoms with E-state index in [1.54, 1.807) is 55.1 Å². The molecule has 1 aliphatic heterocycles. The topological polar surface area (TPSA) is 125 Å². The molecule has 0 spiro atoms. The van der Waals surface area contributed by atoms with Crippen molar-refractivity contribution < 1.29 is 23.5 Å². The van der Waals surface area contributed by atoms with Gasteiger partial charge in [0.2, 0.25) is 5.91 Å². The molecular formula is C35H30N4O5S. The van der Waals surface area contributed by atoms with Crippen molar-refractivity contribution in [3.8, 4) is 6.07 Å². The maximum atomic E-state index is 13.7. The molecule has 1 aliphatic rings. The summed E-state index contributed by atoms with van der Waals surface area (Å²) in [6.07, 6.45) is 1.49. The molecule has 226 valence electrons. The van der Waals surface area contributed by atoms with Crippen LogP contribution >= 0.6 is 11.8 Å². The number of ether oxygens (including phenoxy) is 1. The van der Waals surface area contributed by atoms with Crippen molar-refractivity contribution in [3.05, 3.63) is 137 Å². The summed E-state index contributed by atoms with van der Waals surface area (Å²) >= 11 is 1.19. The van der Waals surface area contributed by atoms with E-state index < -0.39 is 17.8 Å². The number of para-hydroxylation sites is 2. The fourth-order valence-corrected chi connectivity index (χ4v) is 5.90. The van der Waals surface area contributed by atoms with Gasteiger partial charge in [0.15, 0.2) is 0 Å². The summed E-state index contributed by atoms with van der Waals surface area (Å²) in [7, 11) is 0. The summed E-state index contributed by atoms with van der Waals surface area (Å²) in [5.41, 5.74) is 3.32. The van der Waals surface area contributed by atoms with Gasteiger partial charge in [0.05, 0.1) is 52.3 Å². The van der Waals surface area contributed by atoms with Gasteiger partial charge in [-0.2, -0.15) is 5.26 Å². The van der Waals surface area contributed by atoms with Crippen molar-refractivity contribution in [2.75, 3.05) is 22.6 Å². The molecule has 1 unspecified atom stereocenters. The molecule has 10 heteroatoms. The Bertz CT molecular complexity index is 1740. The van der Waals surface area contributed by atoms with Crippen molar-refractivity contribution in [1.82, 2.24) is 5.32 Å². The lowest BCUT2D eigenvalue weighted by molar-refractivity contribution is -0.115. The number of allylic oxidation sites excluding steroid dienone is 2. The van der Waals surface area contributed by atoms with E-state index in [2.05, 4.69) is 16.7 Å². The van der Waals surface area contributed by atoms with Crippen molar-refractivity contribution in [3.63, 3.8) is 0 Å². The van der Waals surface area contributed by atoms with Crippen molar-refractivity contribution >= 4 is 46.6 Å². The number of hydrogen-bond donors (Lipinski definition) is 2. The molecule has 0 radical (unpaired) electrons. The third kappa shape index (κ3) is 7.00. The minimum Gasteiger partial charge on any atom is -0.468 e. The fourth-order valence-electron chi connectivity index (χ4n) is 4.96. The monoisotopic (exact) mass is 618 g/mol. The number of hydrogen-bond acceptors (Lipinski definition) is 8. The molecule has 5 rings (SSSR count). The molecule has 9 nitrogen and oxygen atoms in total. The fraction of sp³-hybridized carbons (Fsp3) is 0.143. The zero-order valence-electron chi connectivity index (χ0n) is 24.7. The maximum absolute atomic E-state index is 13.7. The number of amides is 2. The Kier molecular flexibility index (Phi) is 9.82. The predicted octanol–water partition coefficient (Wildman–Crippen LogP) is 6.89. The first-order valence-corrected chi connectivity index (χ1v) is 15.2. The second-order valence-corrected chi connectivity index (χ2v) is 10.9. The van der Waals surface area contributed by atoms with Crippen LogP contribution in [0.5, 0.6) is 0 Å². The normalized spacial score (nSPS) is 14.3. The summed E-state index contributed by atoms with van der Waals surface area (Å²) in [6, 6.07) is 30.7. The van der Waals surface area contributed by atoms with Gasteiger partial charge < -0.3 is 19.8 Å². The number of dihydropyridines is 1. The van der Waals surface area contributed by atoms with E-state index in [1.807, 2.05) is 60.7 Å². The molecule has 0 fully saturated rings. The van der Waals surface area contributed by atoms with Crippen LogP contribution in [0.25, 0.3) is 0 Å². The van der Waals surface area contributed by atoms with Gasteiger partial charge in [-0.15, -0.1) is 0 Å². The Morgan fingerprint density at radius 3 is 2.16 bits per heavy atom. The number of benzene rings is 3. The smallest absolute Gasteiger partial charge is 0.338 e. The van der Waals surface area contributed by atoms with Gasteiger partial charge >= 0.3 is 5.97 Å². The van der Waals surface area contributed by atoms with Crippen LogP contribution in [0.15, 0.2) is 130 Å². The van der Waals surface area contributed by atoms with Crippen LogP contribution in [-0.4, -0.2) is 30.1 Å². The number of rotatable bonds is 10. The number of nitriles is 1. The summed E-state index contributed by atoms with van der Waals surface area (Å²) in [5, 5.41) is 16.9. The SMILES string of the molecule is CCOC(=O)c1ccc(NC(=O)C2=C(C)NC(SCC(=O)N(c3ccccc3)c3ccccc3)=C(C#N)C2c2ccco2)cc1. The third-order valence-electron chi connectivity index (χ3n) is 6.99. The quantitative estimate of drug-likeness (QED) is 0.184. The molecule has 2 amide bonds. The molecule has 2 N–H and O–H groups in total. The van der Waals surface area contributed by atoms with Gasteiger partial charge in [0.1, 0.15) is 5.76 Å². The van der Waals surface area contributed by atoms with Crippen LogP contribution < -0.4 is 15.5 Å². The van der Waals surface area contributed by atoms with Gasteiger partial charge in [-0.25, -0.2) is 4.79 Å². The van der Waals surface area contributed by atoms with Gasteiger partial charge in [-0.05, 0) is 74.5 Å². The Morgan fingerprint density at radius 2 is 1.60 bits per heavy atom. The lowest BCUT2D eigenvalue weighted by atomic mass is 9.85. The first kappa shape index (κ1) is 30.9. The number of esters is 1. The molecule has 1 aromatic heterocycles. The standard InChI is InChI=1S/C35H30N4O5S/c1-3-43-35(42)24-16-18-25(19-17-24)38-33(41)31-23(2)37-34(28(21-36)32(31)29-15-10-20-44-29)45-22-30(40)39(26-11-6-4-7-12-26)27-13-8-5-9-14-27/h4-20,32,37H,3,22H2,1-2H3,(H,38,41). The van der Waals surface area contributed by atoms with Crippen LogP contribution in [-0.2, 0) is 14.3 Å². The summed E-state index contributed by atoms with van der Waals surface area (Å²) in [6.45, 7) is 3.73. The van der Waals surface area contributed by atoms with Crippen LogP contribution in [0.2, 0.25) is 0 Å². The number of carbonyl (C=O) groups excluding carboxylic acids is 3. The van der Waals surface area contributed by atoms with Crippen LogP contribution in [0, 0.1) is 11.3 Å². The van der Waals surface area contributed by atoms with Gasteiger partial charge in [0.25, 0.3) is 5.91 Å². The minimum absolute atomic E-state index is 0.0177. The highest BCUT2D eigenvalue weighted by Crippen LogP contribution is 2.41. The Hall–Kier alpha value is -5.53. The molecule has 3 aromatic carbocycles. The van der Waals surface area contributed by atoms with E-state index in [-0.39, 0.29) is 23.8 Å². The number of furan rings is 1. The lowest BCUT2D eigenvalue weighted by Crippen LogP contribution is -2.32. The molecule has 0 aliphatic carbocycles. The Balaban J connectivity index is 1.40. The summed E-state index contributed by atoms with van der Waals surface area (Å²) in [5.74, 6) is -1.47. The average molecular weight is 619 g/mol. The zero-order chi connectivity index (χ0) is 31.8. The second kappa shape index (κ2) is 14.3. The molecule has 45 heavy (non-hydrogen) atoms. The van der Waals surface area contributed by atoms with Crippen molar-refractivity contribution in [1.29, 1.82) is 5.26 Å². The molecule has 0 saturated carbocycles. The average Bonchev–Trinajstić information content (AvgIpc) is 3.60. The highest BCUT2D eigenvalue weighted by molar-refractivity contribution is 8.03. The highest BCUT2D eigenvalue weighted by Gasteiger charge is 2.37. The molecule has 2 heterocycles. The van der Waals surface area contributed by atoms with Gasteiger partial charge in [-0.1, -0.05) is 48.2 Å². The number of anilines is 3. The molecule has 4 aromatic rings. The Labute approximate surface area is 265 Å². The van der Waals surface area contributed by atoms with E-state index in [4.69, 9.17) is 9.15 Å².